The van der Waals surface area contributed by atoms with E-state index in [4.69, 9.17) is 16.3 Å². The summed E-state index contributed by atoms with van der Waals surface area (Å²) in [7, 11) is 0. The van der Waals surface area contributed by atoms with Crippen molar-refractivity contribution in [2.75, 3.05) is 13.2 Å². The number of fused-ring (bicyclic) bond motifs is 1. The monoisotopic (exact) mass is 398 g/mol. The van der Waals surface area contributed by atoms with Crippen molar-refractivity contribution in [3.63, 3.8) is 0 Å². The molecular weight excluding hydrogens is 376 g/mol. The molecule has 3 aromatic rings. The highest BCUT2D eigenvalue weighted by molar-refractivity contribution is 6.30. The molecule has 2 heterocycles. The summed E-state index contributed by atoms with van der Waals surface area (Å²) in [5.74, 6) is -0.918. The van der Waals surface area contributed by atoms with Crippen molar-refractivity contribution in [3.8, 4) is 0 Å². The Labute approximate surface area is 168 Å². The van der Waals surface area contributed by atoms with Gasteiger partial charge in [0.2, 0.25) is 0 Å². The number of carboxylic acid groups (broad SMARTS) is 1. The van der Waals surface area contributed by atoms with Gasteiger partial charge in [-0.3, -0.25) is 0 Å². The fraction of sp³-hybridized carbons (Fsp3) is 0.318. The second-order valence-electron chi connectivity index (χ2n) is 7.13. The highest BCUT2D eigenvalue weighted by Crippen LogP contribution is 2.28. The van der Waals surface area contributed by atoms with Crippen molar-refractivity contribution in [1.82, 2.24) is 9.88 Å². The topological polar surface area (TPSA) is 63.5 Å². The van der Waals surface area contributed by atoms with E-state index in [0.29, 0.717) is 23.8 Å². The van der Waals surface area contributed by atoms with Crippen molar-refractivity contribution in [2.24, 2.45) is 0 Å². The van der Waals surface area contributed by atoms with E-state index in [0.717, 1.165) is 48.0 Å². The Kier molecular flexibility index (Phi) is 5.67. The van der Waals surface area contributed by atoms with Crippen molar-refractivity contribution in [2.45, 2.75) is 32.0 Å². The maximum atomic E-state index is 12.2. The van der Waals surface area contributed by atoms with Crippen LogP contribution in [0.5, 0.6) is 0 Å². The predicted molar refractivity (Wildman–Crippen MR) is 110 cm³/mol. The summed E-state index contributed by atoms with van der Waals surface area (Å²) in [6.45, 7) is 2.52. The predicted octanol–water partition coefficient (Wildman–Crippen LogP) is 4.31. The first-order chi connectivity index (χ1) is 13.6. The molecule has 0 saturated carbocycles. The van der Waals surface area contributed by atoms with Crippen molar-refractivity contribution in [3.05, 3.63) is 70.4 Å². The molecule has 2 aromatic carbocycles. The largest absolute Gasteiger partial charge is 0.477 e. The Morgan fingerprint density at radius 2 is 2.00 bits per heavy atom. The Balaban J connectivity index is 1.68. The lowest BCUT2D eigenvalue weighted by atomic mass is 10.1. The fourth-order valence-corrected chi connectivity index (χ4v) is 4.02. The summed E-state index contributed by atoms with van der Waals surface area (Å²) < 4.78 is 7.53. The molecule has 0 unspecified atom stereocenters. The van der Waals surface area contributed by atoms with Crippen LogP contribution in [0.3, 0.4) is 0 Å². The molecule has 6 heteroatoms. The molecule has 0 radical (unpaired) electrons. The number of hydrogen-bond acceptors (Lipinski definition) is 3. The molecule has 28 heavy (non-hydrogen) atoms. The third-order valence-corrected chi connectivity index (χ3v) is 5.48. The Hall–Kier alpha value is -2.34. The lowest BCUT2D eigenvalue weighted by Crippen LogP contribution is -2.26. The first-order valence-electron chi connectivity index (χ1n) is 9.53. The van der Waals surface area contributed by atoms with Gasteiger partial charge in [0.25, 0.3) is 0 Å². The van der Waals surface area contributed by atoms with Crippen LogP contribution in [-0.2, 0) is 17.8 Å². The number of hydrogen-bond donors (Lipinski definition) is 2. The van der Waals surface area contributed by atoms with E-state index >= 15 is 0 Å². The van der Waals surface area contributed by atoms with Gasteiger partial charge in [-0.2, -0.15) is 0 Å². The molecule has 1 aliphatic rings. The van der Waals surface area contributed by atoms with E-state index in [1.165, 1.54) is 0 Å². The van der Waals surface area contributed by atoms with Gasteiger partial charge < -0.3 is 19.7 Å². The second-order valence-corrected chi connectivity index (χ2v) is 7.56. The Morgan fingerprint density at radius 3 is 2.71 bits per heavy atom. The SMILES string of the molecule is O=C(O)c1c(CNC[C@H]2CCCO2)c2ccccc2n1Cc1ccc(Cl)cc1. The standard InChI is InChI=1S/C22H23ClN2O3/c23-16-9-7-15(8-10-16)14-25-20-6-2-1-5-18(20)19(21(25)22(26)27)13-24-12-17-4-3-11-28-17/h1-2,5-10,17,24H,3-4,11-14H2,(H,26,27)/t17-/m1/s1. The minimum Gasteiger partial charge on any atom is -0.477 e. The molecule has 0 aliphatic carbocycles. The van der Waals surface area contributed by atoms with Crippen molar-refractivity contribution < 1.29 is 14.6 Å². The normalized spacial score (nSPS) is 16.7. The van der Waals surface area contributed by atoms with E-state index in [-0.39, 0.29) is 6.10 Å². The first kappa shape index (κ1) is 19.0. The minimum atomic E-state index is -0.918. The number of ether oxygens (including phenoxy) is 1. The second kappa shape index (κ2) is 8.35. The zero-order chi connectivity index (χ0) is 19.5. The molecule has 5 nitrogen and oxygen atoms in total. The molecular formula is C22H23ClN2O3. The fourth-order valence-electron chi connectivity index (χ4n) is 3.90. The lowest BCUT2D eigenvalue weighted by molar-refractivity contribution is 0.0684. The number of rotatable bonds is 7. The number of aromatic carboxylic acids is 1. The summed E-state index contributed by atoms with van der Waals surface area (Å²) >= 11 is 5.99. The zero-order valence-corrected chi connectivity index (χ0v) is 16.3. The smallest absolute Gasteiger partial charge is 0.352 e. The summed E-state index contributed by atoms with van der Waals surface area (Å²) in [5.41, 5.74) is 3.07. The van der Waals surface area contributed by atoms with E-state index in [1.807, 2.05) is 53.1 Å². The van der Waals surface area contributed by atoms with Crippen LogP contribution >= 0.6 is 11.6 Å². The number of benzene rings is 2. The van der Waals surface area contributed by atoms with Gasteiger partial charge in [0.15, 0.2) is 0 Å². The van der Waals surface area contributed by atoms with Crippen LogP contribution in [0.4, 0.5) is 0 Å². The van der Waals surface area contributed by atoms with Gasteiger partial charge in [-0.1, -0.05) is 41.9 Å². The molecule has 4 rings (SSSR count). The Morgan fingerprint density at radius 1 is 1.21 bits per heavy atom. The van der Waals surface area contributed by atoms with Crippen LogP contribution in [0, 0.1) is 0 Å². The molecule has 1 aromatic heterocycles. The van der Waals surface area contributed by atoms with E-state index in [2.05, 4.69) is 5.32 Å². The Bertz CT molecular complexity index is 975. The summed E-state index contributed by atoms with van der Waals surface area (Å²) in [5, 5.41) is 15.0. The first-order valence-corrected chi connectivity index (χ1v) is 9.91. The average molecular weight is 399 g/mol. The van der Waals surface area contributed by atoms with Gasteiger partial charge in [-0.25, -0.2) is 4.79 Å². The van der Waals surface area contributed by atoms with Crippen LogP contribution in [0.2, 0.25) is 5.02 Å². The van der Waals surface area contributed by atoms with Gasteiger partial charge in [0, 0.05) is 47.7 Å². The summed E-state index contributed by atoms with van der Waals surface area (Å²) in [4.78, 5) is 12.2. The van der Waals surface area contributed by atoms with Gasteiger partial charge >= 0.3 is 5.97 Å². The number of nitrogens with one attached hydrogen (secondary N) is 1. The molecule has 1 atom stereocenters. The number of carbonyl (C=O) groups is 1. The number of para-hydroxylation sites is 1. The molecule has 1 fully saturated rings. The van der Waals surface area contributed by atoms with Gasteiger partial charge in [-0.05, 0) is 36.6 Å². The maximum Gasteiger partial charge on any atom is 0.352 e. The van der Waals surface area contributed by atoms with Gasteiger partial charge in [0.1, 0.15) is 5.69 Å². The highest BCUT2D eigenvalue weighted by atomic mass is 35.5. The number of halogens is 1. The van der Waals surface area contributed by atoms with Gasteiger partial charge in [0.05, 0.1) is 6.10 Å². The van der Waals surface area contributed by atoms with Crippen LogP contribution < -0.4 is 5.32 Å². The molecule has 1 aliphatic heterocycles. The molecule has 0 amide bonds. The van der Waals surface area contributed by atoms with E-state index in [1.54, 1.807) is 0 Å². The van der Waals surface area contributed by atoms with Crippen LogP contribution in [0.25, 0.3) is 10.9 Å². The number of carboxylic acids is 1. The molecule has 0 bridgehead atoms. The van der Waals surface area contributed by atoms with Crippen LogP contribution in [-0.4, -0.2) is 34.9 Å². The van der Waals surface area contributed by atoms with E-state index in [9.17, 15) is 9.90 Å². The summed E-state index contributed by atoms with van der Waals surface area (Å²) in [6, 6.07) is 15.4. The van der Waals surface area contributed by atoms with E-state index < -0.39 is 5.97 Å². The number of nitrogens with zero attached hydrogens (tertiary/aromatic N) is 1. The third-order valence-electron chi connectivity index (χ3n) is 5.23. The quantitative estimate of drug-likeness (QED) is 0.622. The molecule has 2 N–H and O–H groups in total. The maximum absolute atomic E-state index is 12.2. The zero-order valence-electron chi connectivity index (χ0n) is 15.5. The third kappa shape index (κ3) is 3.92. The molecule has 1 saturated heterocycles. The average Bonchev–Trinajstić information content (AvgIpc) is 3.31. The lowest BCUT2D eigenvalue weighted by Gasteiger charge is -2.12. The van der Waals surface area contributed by atoms with Crippen molar-refractivity contribution in [1.29, 1.82) is 0 Å². The number of aromatic nitrogens is 1. The summed E-state index contributed by atoms with van der Waals surface area (Å²) in [6.07, 6.45) is 2.36. The van der Waals surface area contributed by atoms with Crippen LogP contribution in [0.15, 0.2) is 48.5 Å². The van der Waals surface area contributed by atoms with Gasteiger partial charge in [-0.15, -0.1) is 0 Å². The highest BCUT2D eigenvalue weighted by Gasteiger charge is 2.23. The molecule has 0 spiro atoms. The minimum absolute atomic E-state index is 0.218. The van der Waals surface area contributed by atoms with Crippen LogP contribution in [0.1, 0.15) is 34.5 Å². The van der Waals surface area contributed by atoms with Crippen molar-refractivity contribution >= 4 is 28.5 Å². The molecule has 146 valence electrons.